The fourth-order valence-electron chi connectivity index (χ4n) is 3.00. The molecule has 1 heterocycles. The van der Waals surface area contributed by atoms with Gasteiger partial charge in [0.2, 0.25) is 0 Å². The van der Waals surface area contributed by atoms with E-state index in [9.17, 15) is 18.8 Å². The molecule has 146 valence electrons. The highest BCUT2D eigenvalue weighted by molar-refractivity contribution is 5.95. The first-order valence-corrected chi connectivity index (χ1v) is 9.00. The number of hydrogen-bond donors (Lipinski definition) is 0. The van der Waals surface area contributed by atoms with E-state index >= 15 is 0 Å². The fourth-order valence-corrected chi connectivity index (χ4v) is 3.00. The average molecular weight is 384 g/mol. The lowest BCUT2D eigenvalue weighted by atomic mass is 10.1. The van der Waals surface area contributed by atoms with Crippen molar-refractivity contribution in [1.29, 1.82) is 0 Å². The molecule has 0 aromatic heterocycles. The summed E-state index contributed by atoms with van der Waals surface area (Å²) >= 11 is 0. The van der Waals surface area contributed by atoms with Crippen molar-refractivity contribution in [3.63, 3.8) is 0 Å². The van der Waals surface area contributed by atoms with Crippen LogP contribution in [-0.4, -0.2) is 60.2 Å². The maximum atomic E-state index is 13.3. The van der Waals surface area contributed by atoms with Crippen LogP contribution >= 0.6 is 0 Å². The number of benzene rings is 2. The molecule has 3 rings (SSSR count). The minimum atomic E-state index is -0.453. The monoisotopic (exact) mass is 384 g/mol. The normalized spacial score (nSPS) is 13.9. The van der Waals surface area contributed by atoms with Crippen molar-refractivity contribution in [3.05, 3.63) is 65.5 Å². The summed E-state index contributed by atoms with van der Waals surface area (Å²) in [7, 11) is 0. The lowest BCUT2D eigenvalue weighted by Crippen LogP contribution is -2.51. The van der Waals surface area contributed by atoms with Crippen LogP contribution in [0.4, 0.5) is 4.39 Å². The van der Waals surface area contributed by atoms with Crippen LogP contribution in [0.2, 0.25) is 0 Å². The van der Waals surface area contributed by atoms with Crippen molar-refractivity contribution < 1.29 is 23.5 Å². The maximum Gasteiger partial charge on any atom is 0.260 e. The van der Waals surface area contributed by atoms with Crippen molar-refractivity contribution in [2.45, 2.75) is 6.92 Å². The second-order valence-electron chi connectivity index (χ2n) is 6.56. The zero-order valence-corrected chi connectivity index (χ0v) is 15.6. The van der Waals surface area contributed by atoms with Gasteiger partial charge in [-0.3, -0.25) is 14.4 Å². The van der Waals surface area contributed by atoms with E-state index in [1.54, 1.807) is 40.1 Å². The van der Waals surface area contributed by atoms with Crippen LogP contribution in [0.15, 0.2) is 48.5 Å². The predicted octanol–water partition coefficient (Wildman–Crippen LogP) is 2.39. The number of amides is 2. The predicted molar refractivity (Wildman–Crippen MR) is 101 cm³/mol. The van der Waals surface area contributed by atoms with Crippen molar-refractivity contribution in [2.75, 3.05) is 32.8 Å². The summed E-state index contributed by atoms with van der Waals surface area (Å²) in [4.78, 5) is 39.4. The van der Waals surface area contributed by atoms with E-state index in [2.05, 4.69) is 0 Å². The van der Waals surface area contributed by atoms with Gasteiger partial charge in [0.25, 0.3) is 11.8 Å². The van der Waals surface area contributed by atoms with E-state index < -0.39 is 5.82 Å². The highest BCUT2D eigenvalue weighted by Crippen LogP contribution is 2.15. The standard InChI is InChI=1S/C21H21FN2O4/c1-15(25)16-4-3-7-19(13-16)28-14-20(26)23-8-10-24(11-9-23)21(27)17-5-2-6-18(22)12-17/h2-7,12-13H,8-11,14H2,1H3. The molecule has 2 aromatic rings. The number of piperazine rings is 1. The van der Waals surface area contributed by atoms with Crippen LogP contribution in [0.3, 0.4) is 0 Å². The van der Waals surface area contributed by atoms with E-state index in [1.165, 1.54) is 25.1 Å². The fraction of sp³-hybridized carbons (Fsp3) is 0.286. The Hall–Kier alpha value is -3.22. The largest absolute Gasteiger partial charge is 0.484 e. The Morgan fingerprint density at radius 3 is 2.25 bits per heavy atom. The molecule has 0 aliphatic carbocycles. The molecule has 2 aromatic carbocycles. The molecule has 28 heavy (non-hydrogen) atoms. The number of ketones is 1. The van der Waals surface area contributed by atoms with E-state index in [0.717, 1.165) is 0 Å². The molecule has 0 N–H and O–H groups in total. The number of rotatable bonds is 5. The van der Waals surface area contributed by atoms with Gasteiger partial charge in [0, 0.05) is 37.3 Å². The quantitative estimate of drug-likeness (QED) is 0.743. The van der Waals surface area contributed by atoms with E-state index in [0.29, 0.717) is 43.1 Å². The Labute approximate surface area is 162 Å². The number of hydrogen-bond acceptors (Lipinski definition) is 4. The summed E-state index contributed by atoms with van der Waals surface area (Å²) in [5, 5.41) is 0. The molecule has 2 amide bonds. The molecule has 6 nitrogen and oxygen atoms in total. The van der Waals surface area contributed by atoms with Gasteiger partial charge in [-0.1, -0.05) is 18.2 Å². The van der Waals surface area contributed by atoms with Gasteiger partial charge in [0.15, 0.2) is 12.4 Å². The summed E-state index contributed by atoms with van der Waals surface area (Å²) in [6.45, 7) is 2.85. The van der Waals surface area contributed by atoms with Crippen molar-refractivity contribution in [2.24, 2.45) is 0 Å². The highest BCUT2D eigenvalue weighted by atomic mass is 19.1. The Morgan fingerprint density at radius 1 is 0.929 bits per heavy atom. The van der Waals surface area contributed by atoms with Crippen LogP contribution in [0.25, 0.3) is 0 Å². The van der Waals surface area contributed by atoms with Gasteiger partial charge < -0.3 is 14.5 Å². The molecule has 0 radical (unpaired) electrons. The maximum absolute atomic E-state index is 13.3. The van der Waals surface area contributed by atoms with Crippen LogP contribution < -0.4 is 4.74 Å². The summed E-state index contributed by atoms with van der Waals surface area (Å²) in [6.07, 6.45) is 0. The number of Topliss-reactive ketones (excluding diaryl/α,β-unsaturated/α-hetero) is 1. The molecule has 1 fully saturated rings. The van der Waals surface area contributed by atoms with E-state index in [1.807, 2.05) is 0 Å². The number of ether oxygens (including phenoxy) is 1. The second kappa shape index (κ2) is 8.65. The minimum absolute atomic E-state index is 0.0733. The van der Waals surface area contributed by atoms with Gasteiger partial charge in [-0.25, -0.2) is 4.39 Å². The molecular weight excluding hydrogens is 363 g/mol. The van der Waals surface area contributed by atoms with E-state index in [4.69, 9.17) is 4.74 Å². The SMILES string of the molecule is CC(=O)c1cccc(OCC(=O)N2CCN(C(=O)c3cccc(F)c3)CC2)c1. The van der Waals surface area contributed by atoms with Crippen molar-refractivity contribution >= 4 is 17.6 Å². The molecular formula is C21H21FN2O4. The van der Waals surface area contributed by atoms with Crippen LogP contribution in [-0.2, 0) is 4.79 Å². The van der Waals surface area contributed by atoms with Gasteiger partial charge in [0.05, 0.1) is 0 Å². The van der Waals surface area contributed by atoms with Crippen LogP contribution in [0.1, 0.15) is 27.6 Å². The summed E-state index contributed by atoms with van der Waals surface area (Å²) in [5.41, 5.74) is 0.822. The van der Waals surface area contributed by atoms with Gasteiger partial charge >= 0.3 is 0 Å². The van der Waals surface area contributed by atoms with Crippen LogP contribution in [0.5, 0.6) is 5.75 Å². The minimum Gasteiger partial charge on any atom is -0.484 e. The number of carbonyl (C=O) groups is 3. The number of nitrogens with zero attached hydrogens (tertiary/aromatic N) is 2. The third kappa shape index (κ3) is 4.73. The molecule has 0 spiro atoms. The van der Waals surface area contributed by atoms with Crippen molar-refractivity contribution in [1.82, 2.24) is 9.80 Å². The average Bonchev–Trinajstić information content (AvgIpc) is 2.71. The highest BCUT2D eigenvalue weighted by Gasteiger charge is 2.25. The molecule has 0 atom stereocenters. The van der Waals surface area contributed by atoms with Gasteiger partial charge in [-0.05, 0) is 37.3 Å². The molecule has 0 unspecified atom stereocenters. The van der Waals surface area contributed by atoms with Gasteiger partial charge in [0.1, 0.15) is 11.6 Å². The van der Waals surface area contributed by atoms with E-state index in [-0.39, 0.29) is 24.2 Å². The topological polar surface area (TPSA) is 66.9 Å². The first-order valence-electron chi connectivity index (χ1n) is 9.00. The third-order valence-corrected chi connectivity index (χ3v) is 4.59. The Bertz CT molecular complexity index is 891. The molecule has 1 aliphatic heterocycles. The molecule has 1 aliphatic rings. The summed E-state index contributed by atoms with van der Waals surface area (Å²) < 4.78 is 18.8. The number of halogens is 1. The molecule has 1 saturated heterocycles. The van der Waals surface area contributed by atoms with Crippen molar-refractivity contribution in [3.8, 4) is 5.75 Å². The molecule has 0 saturated carbocycles. The zero-order chi connectivity index (χ0) is 20.1. The Morgan fingerprint density at radius 2 is 1.57 bits per heavy atom. The smallest absolute Gasteiger partial charge is 0.260 e. The number of carbonyl (C=O) groups excluding carboxylic acids is 3. The third-order valence-electron chi connectivity index (χ3n) is 4.59. The van der Waals surface area contributed by atoms with Gasteiger partial charge in [-0.15, -0.1) is 0 Å². The first-order chi connectivity index (χ1) is 13.4. The Kier molecular flexibility index (Phi) is 6.03. The summed E-state index contributed by atoms with van der Waals surface area (Å²) in [5.74, 6) is -0.502. The second-order valence-corrected chi connectivity index (χ2v) is 6.56. The zero-order valence-electron chi connectivity index (χ0n) is 15.6. The molecule has 0 bridgehead atoms. The lowest BCUT2D eigenvalue weighted by molar-refractivity contribution is -0.134. The first kappa shape index (κ1) is 19.5. The summed E-state index contributed by atoms with van der Waals surface area (Å²) in [6, 6.07) is 12.3. The molecule has 7 heteroatoms. The lowest BCUT2D eigenvalue weighted by Gasteiger charge is -2.34. The van der Waals surface area contributed by atoms with Gasteiger partial charge in [-0.2, -0.15) is 0 Å². The Balaban J connectivity index is 1.50. The van der Waals surface area contributed by atoms with Crippen LogP contribution in [0, 0.1) is 5.82 Å².